The fraction of sp³-hybridized carbons (Fsp3) is 0.261. The molecule has 2 heterocycles. The number of nitrogens with two attached hydrogens (primary N) is 1. The molecule has 0 aliphatic carbocycles. The highest BCUT2D eigenvalue weighted by Gasteiger charge is 2.35. The number of hydrogen-bond donors (Lipinski definition) is 1. The molecule has 160 valence electrons. The van der Waals surface area contributed by atoms with Gasteiger partial charge in [-0.25, -0.2) is 4.68 Å². The fourth-order valence-electron chi connectivity index (χ4n) is 3.92. The van der Waals surface area contributed by atoms with Crippen LogP contribution in [0.25, 0.3) is 5.69 Å². The summed E-state index contributed by atoms with van der Waals surface area (Å²) in [5.74, 6) is 0.493. The van der Waals surface area contributed by atoms with Gasteiger partial charge in [0.1, 0.15) is 22.9 Å². The Bertz CT molecular complexity index is 1090. The normalized spacial score (nSPS) is 15.7. The molecule has 1 amide bonds. The first kappa shape index (κ1) is 20.5. The molecule has 0 saturated carbocycles. The van der Waals surface area contributed by atoms with Crippen molar-refractivity contribution in [2.45, 2.75) is 6.42 Å². The first-order valence-electron chi connectivity index (χ1n) is 9.98. The average molecular weight is 420 g/mol. The van der Waals surface area contributed by atoms with Crippen molar-refractivity contribution in [3.63, 3.8) is 0 Å². The molecule has 1 unspecified atom stereocenters. The van der Waals surface area contributed by atoms with E-state index in [1.807, 2.05) is 30.3 Å². The molecular formula is C23H24N4O4. The third-order valence-electron chi connectivity index (χ3n) is 5.56. The summed E-state index contributed by atoms with van der Waals surface area (Å²) in [5, 5.41) is 4.28. The quantitative estimate of drug-likeness (QED) is 0.616. The fourth-order valence-corrected chi connectivity index (χ4v) is 3.92. The van der Waals surface area contributed by atoms with Crippen molar-refractivity contribution in [1.29, 1.82) is 0 Å². The van der Waals surface area contributed by atoms with Crippen molar-refractivity contribution in [3.05, 3.63) is 65.9 Å². The van der Waals surface area contributed by atoms with Gasteiger partial charge >= 0.3 is 0 Å². The van der Waals surface area contributed by atoms with E-state index >= 15 is 0 Å². The zero-order valence-electron chi connectivity index (χ0n) is 17.4. The second-order valence-corrected chi connectivity index (χ2v) is 7.33. The summed E-state index contributed by atoms with van der Waals surface area (Å²) in [5.41, 5.74) is 7.75. The van der Waals surface area contributed by atoms with Gasteiger partial charge in [0.2, 0.25) is 0 Å². The summed E-state index contributed by atoms with van der Waals surface area (Å²) < 4.78 is 12.2. The van der Waals surface area contributed by atoms with Gasteiger partial charge in [-0.1, -0.05) is 24.3 Å². The third-order valence-corrected chi connectivity index (χ3v) is 5.56. The Morgan fingerprint density at radius 2 is 1.71 bits per heavy atom. The van der Waals surface area contributed by atoms with Crippen LogP contribution in [0, 0.1) is 5.92 Å². The van der Waals surface area contributed by atoms with Crippen molar-refractivity contribution >= 4 is 17.5 Å². The van der Waals surface area contributed by atoms with Crippen LogP contribution in [0.2, 0.25) is 0 Å². The molecule has 2 N–H and O–H groups in total. The van der Waals surface area contributed by atoms with Gasteiger partial charge in [0.15, 0.2) is 5.78 Å². The van der Waals surface area contributed by atoms with Gasteiger partial charge in [0.05, 0.1) is 31.7 Å². The molecule has 31 heavy (non-hydrogen) atoms. The van der Waals surface area contributed by atoms with Crippen LogP contribution in [-0.2, 0) is 0 Å². The minimum atomic E-state index is -0.347. The number of nitrogen functional groups attached to an aromatic ring is 1. The minimum Gasteiger partial charge on any atom is -0.496 e. The number of nitrogens with zero attached hydrogens (tertiary/aromatic N) is 3. The van der Waals surface area contributed by atoms with Gasteiger partial charge < -0.3 is 20.1 Å². The standard InChI is InChI=1S/C23H24N4O4/c1-30-18-9-6-10-19(31-2)20(18)23(29)26-12-11-15(14-26)21(28)17-13-25-27(22(17)24)16-7-4-3-5-8-16/h3-10,13,15H,11-12,14,24H2,1-2H3. The van der Waals surface area contributed by atoms with Crippen LogP contribution in [0.1, 0.15) is 27.1 Å². The van der Waals surface area contributed by atoms with Gasteiger partial charge in [0.25, 0.3) is 5.91 Å². The lowest BCUT2D eigenvalue weighted by atomic mass is 9.98. The Morgan fingerprint density at radius 3 is 2.35 bits per heavy atom. The molecule has 8 nitrogen and oxygen atoms in total. The summed E-state index contributed by atoms with van der Waals surface area (Å²) >= 11 is 0. The number of ketones is 1. The first-order chi connectivity index (χ1) is 15.0. The zero-order valence-corrected chi connectivity index (χ0v) is 17.4. The predicted octanol–water partition coefficient (Wildman–Crippen LogP) is 2.82. The Hall–Kier alpha value is -3.81. The highest BCUT2D eigenvalue weighted by molar-refractivity contribution is 6.04. The highest BCUT2D eigenvalue weighted by Crippen LogP contribution is 2.32. The van der Waals surface area contributed by atoms with E-state index in [0.717, 1.165) is 5.69 Å². The Labute approximate surface area is 180 Å². The topological polar surface area (TPSA) is 99.7 Å². The molecule has 0 radical (unpaired) electrons. The molecule has 2 aromatic carbocycles. The molecule has 0 spiro atoms. The number of carbonyl (C=O) groups excluding carboxylic acids is 2. The Kier molecular flexibility index (Phi) is 5.62. The van der Waals surface area contributed by atoms with E-state index in [1.54, 1.807) is 27.8 Å². The largest absolute Gasteiger partial charge is 0.496 e. The van der Waals surface area contributed by atoms with Crippen LogP contribution in [0.15, 0.2) is 54.7 Å². The van der Waals surface area contributed by atoms with Crippen LogP contribution >= 0.6 is 0 Å². The molecule has 1 saturated heterocycles. The van der Waals surface area contributed by atoms with E-state index in [9.17, 15) is 9.59 Å². The number of hydrogen-bond acceptors (Lipinski definition) is 6. The lowest BCUT2D eigenvalue weighted by molar-refractivity contribution is 0.0774. The molecule has 1 atom stereocenters. The number of Topliss-reactive ketones (excluding diaryl/α,β-unsaturated/α-hetero) is 1. The minimum absolute atomic E-state index is 0.109. The van der Waals surface area contributed by atoms with E-state index in [2.05, 4.69) is 5.10 Å². The highest BCUT2D eigenvalue weighted by atomic mass is 16.5. The molecule has 4 rings (SSSR count). The molecule has 0 bridgehead atoms. The number of anilines is 1. The second-order valence-electron chi connectivity index (χ2n) is 7.33. The Morgan fingerprint density at radius 1 is 1.03 bits per heavy atom. The van der Waals surface area contributed by atoms with Gasteiger partial charge in [-0.2, -0.15) is 5.10 Å². The van der Waals surface area contributed by atoms with Gasteiger partial charge in [-0.05, 0) is 30.7 Å². The van der Waals surface area contributed by atoms with Gasteiger partial charge in [0, 0.05) is 19.0 Å². The molecule has 1 aromatic heterocycles. The monoisotopic (exact) mass is 420 g/mol. The SMILES string of the molecule is COc1cccc(OC)c1C(=O)N1CCC(C(=O)c2cnn(-c3ccccc3)c2N)C1. The maximum absolute atomic E-state index is 13.2. The number of rotatable bonds is 6. The van der Waals surface area contributed by atoms with Gasteiger partial charge in [-0.15, -0.1) is 0 Å². The third kappa shape index (κ3) is 3.72. The smallest absolute Gasteiger partial charge is 0.261 e. The number of methoxy groups -OCH3 is 2. The maximum atomic E-state index is 13.2. The number of amides is 1. The summed E-state index contributed by atoms with van der Waals surface area (Å²) in [6.45, 7) is 0.762. The molecule has 1 aliphatic heterocycles. The maximum Gasteiger partial charge on any atom is 0.261 e. The van der Waals surface area contributed by atoms with Crippen LogP contribution < -0.4 is 15.2 Å². The lowest BCUT2D eigenvalue weighted by Crippen LogP contribution is -2.30. The lowest BCUT2D eigenvalue weighted by Gasteiger charge is -2.19. The molecule has 1 aliphatic rings. The number of carbonyl (C=O) groups is 2. The number of ether oxygens (including phenoxy) is 2. The summed E-state index contributed by atoms with van der Waals surface area (Å²) in [6.07, 6.45) is 2.05. The van der Waals surface area contributed by atoms with Crippen molar-refractivity contribution < 1.29 is 19.1 Å². The van der Waals surface area contributed by atoms with Crippen molar-refractivity contribution in [3.8, 4) is 17.2 Å². The number of benzene rings is 2. The summed E-state index contributed by atoms with van der Waals surface area (Å²) in [4.78, 5) is 28.0. The predicted molar refractivity (Wildman–Crippen MR) is 116 cm³/mol. The van der Waals surface area contributed by atoms with Crippen LogP contribution in [0.4, 0.5) is 5.82 Å². The van der Waals surface area contributed by atoms with Crippen LogP contribution in [0.3, 0.4) is 0 Å². The van der Waals surface area contributed by atoms with Crippen LogP contribution in [0.5, 0.6) is 11.5 Å². The zero-order chi connectivity index (χ0) is 22.0. The first-order valence-corrected chi connectivity index (χ1v) is 9.98. The van der Waals surface area contributed by atoms with Crippen molar-refractivity contribution in [2.24, 2.45) is 5.92 Å². The van der Waals surface area contributed by atoms with E-state index in [-0.39, 0.29) is 17.6 Å². The molecule has 1 fully saturated rings. The molecular weight excluding hydrogens is 396 g/mol. The van der Waals surface area contributed by atoms with Crippen molar-refractivity contribution in [1.82, 2.24) is 14.7 Å². The number of likely N-dealkylation sites (tertiary alicyclic amines) is 1. The van der Waals surface area contributed by atoms with Crippen molar-refractivity contribution in [2.75, 3.05) is 33.0 Å². The van der Waals surface area contributed by atoms with E-state index in [1.165, 1.54) is 20.4 Å². The number of para-hydroxylation sites is 1. The van der Waals surface area contributed by atoms with E-state index in [4.69, 9.17) is 15.2 Å². The second kappa shape index (κ2) is 8.51. The summed E-state index contributed by atoms with van der Waals surface area (Å²) in [7, 11) is 3.02. The van der Waals surface area contributed by atoms with Gasteiger partial charge in [-0.3, -0.25) is 9.59 Å². The molecule has 3 aromatic rings. The average Bonchev–Trinajstić information content (AvgIpc) is 3.45. The summed E-state index contributed by atoms with van der Waals surface area (Å²) in [6, 6.07) is 14.6. The van der Waals surface area contributed by atoms with E-state index < -0.39 is 0 Å². The Balaban J connectivity index is 1.53. The van der Waals surface area contributed by atoms with Crippen LogP contribution in [-0.4, -0.2) is 53.7 Å². The van der Waals surface area contributed by atoms with E-state index in [0.29, 0.717) is 48.0 Å². The molecule has 8 heteroatoms. The number of aromatic nitrogens is 2.